The van der Waals surface area contributed by atoms with Crippen LogP contribution in [0.5, 0.6) is 0 Å². The van der Waals surface area contributed by atoms with E-state index < -0.39 is 0 Å². The number of anilines is 6. The molecule has 2 aliphatic rings. The molecule has 0 amide bonds. The average molecular weight is 853 g/mol. The van der Waals surface area contributed by atoms with Gasteiger partial charge in [0.25, 0.3) is 0 Å². The number of hydrogen-bond acceptors (Lipinski definition) is 4. The summed E-state index contributed by atoms with van der Waals surface area (Å²) < 4.78 is 14.0. The molecule has 10 aromatic carbocycles. The van der Waals surface area contributed by atoms with Crippen LogP contribution in [0, 0.1) is 0 Å². The molecule has 66 heavy (non-hydrogen) atoms. The summed E-state index contributed by atoms with van der Waals surface area (Å²) in [5, 5.41) is 12.1. The Morgan fingerprint density at radius 3 is 1.15 bits per heavy atom. The third-order valence-electron chi connectivity index (χ3n) is 15.3. The summed E-state index contributed by atoms with van der Waals surface area (Å²) in [6, 6.07) is 67.2. The molecule has 318 valence electrons. The maximum absolute atomic E-state index is 7.00. The SMILES string of the molecule is c1ccc(N(c2ccc3ccc4c(N(c5ccccc5)c5c(C6CCCC6)ccc6c5oc5ccccc56)ccc5ccc2c3c54)c2c(C3CCCC3)ccc3c2oc2ccccc23)cc1. The first-order chi connectivity index (χ1) is 32.8. The van der Waals surface area contributed by atoms with Crippen molar-refractivity contribution in [2.45, 2.75) is 63.2 Å². The number of nitrogens with zero attached hydrogens (tertiary/aromatic N) is 2. The maximum Gasteiger partial charge on any atom is 0.159 e. The van der Waals surface area contributed by atoms with Crippen LogP contribution in [0.4, 0.5) is 34.1 Å². The quantitative estimate of drug-likeness (QED) is 0.143. The van der Waals surface area contributed by atoms with Crippen LogP contribution in [0.15, 0.2) is 191 Å². The van der Waals surface area contributed by atoms with E-state index in [0.29, 0.717) is 11.8 Å². The van der Waals surface area contributed by atoms with Gasteiger partial charge in [-0.05, 0) is 119 Å². The van der Waals surface area contributed by atoms with Gasteiger partial charge in [-0.15, -0.1) is 0 Å². The Morgan fingerprint density at radius 2 is 0.712 bits per heavy atom. The van der Waals surface area contributed by atoms with Crippen molar-refractivity contribution in [3.8, 4) is 0 Å². The van der Waals surface area contributed by atoms with Crippen LogP contribution < -0.4 is 9.80 Å². The fourth-order valence-electron chi connectivity index (χ4n) is 12.3. The Kier molecular flexibility index (Phi) is 8.59. The molecular formula is C62H48N2O2. The number of fused-ring (bicyclic) bond motifs is 6. The first-order valence-electron chi connectivity index (χ1n) is 24.1. The molecule has 0 saturated heterocycles. The van der Waals surface area contributed by atoms with Gasteiger partial charge in [-0.3, -0.25) is 0 Å². The van der Waals surface area contributed by atoms with E-state index in [-0.39, 0.29) is 0 Å². The molecule has 2 aromatic heterocycles. The lowest BCUT2D eigenvalue weighted by Crippen LogP contribution is -2.15. The van der Waals surface area contributed by atoms with E-state index in [4.69, 9.17) is 8.83 Å². The van der Waals surface area contributed by atoms with E-state index in [1.165, 1.54) is 94.8 Å². The van der Waals surface area contributed by atoms with Gasteiger partial charge in [0.1, 0.15) is 11.2 Å². The molecule has 2 saturated carbocycles. The standard InChI is InChI=1S/C62H48N2O2/c1-3-19-43(20-4-1)63(59-45(39-15-7-8-16-39)33-35-49-47-23-11-13-25-55(47)65-61(49)59)53-37-29-41-28-32-52-54(38-30-42-27-31-51(53)57(41)58(42)52)64(44-21-5-2-6-22-44)60-46(40-17-9-10-18-40)34-36-50-48-24-12-14-26-56(48)66-62(50)60/h1-6,11-14,19-40H,7-10,15-18H2. The first kappa shape index (κ1) is 37.8. The summed E-state index contributed by atoms with van der Waals surface area (Å²) in [6.45, 7) is 0. The molecule has 12 aromatic rings. The average Bonchev–Trinajstić information content (AvgIpc) is 4.23. The zero-order valence-electron chi connectivity index (χ0n) is 36.8. The summed E-state index contributed by atoms with van der Waals surface area (Å²) >= 11 is 0. The van der Waals surface area contributed by atoms with Crippen LogP contribution in [-0.4, -0.2) is 0 Å². The van der Waals surface area contributed by atoms with Gasteiger partial charge in [0.05, 0.1) is 22.7 Å². The second kappa shape index (κ2) is 15.0. The molecule has 0 unspecified atom stereocenters. The molecule has 2 heterocycles. The summed E-state index contributed by atoms with van der Waals surface area (Å²) in [6.07, 6.45) is 9.75. The highest BCUT2D eigenvalue weighted by Gasteiger charge is 2.32. The normalized spacial score (nSPS) is 15.0. The molecule has 4 nitrogen and oxygen atoms in total. The molecule has 0 bridgehead atoms. The molecular weight excluding hydrogens is 805 g/mol. The van der Waals surface area contributed by atoms with Gasteiger partial charge in [0.2, 0.25) is 0 Å². The molecule has 0 spiro atoms. The largest absolute Gasteiger partial charge is 0.454 e. The zero-order valence-corrected chi connectivity index (χ0v) is 36.8. The number of hydrogen-bond donors (Lipinski definition) is 0. The lowest BCUT2D eigenvalue weighted by molar-refractivity contribution is 0.664. The summed E-state index contributed by atoms with van der Waals surface area (Å²) in [5.41, 5.74) is 13.3. The number of para-hydroxylation sites is 4. The predicted molar refractivity (Wildman–Crippen MR) is 276 cm³/mol. The third-order valence-corrected chi connectivity index (χ3v) is 15.3. The minimum absolute atomic E-state index is 0.459. The van der Waals surface area contributed by atoms with E-state index in [1.54, 1.807) is 0 Å². The van der Waals surface area contributed by atoms with E-state index in [2.05, 4.69) is 192 Å². The second-order valence-corrected chi connectivity index (χ2v) is 18.9. The zero-order chi connectivity index (χ0) is 43.3. The molecule has 2 fully saturated rings. The van der Waals surface area contributed by atoms with Crippen LogP contribution >= 0.6 is 0 Å². The summed E-state index contributed by atoms with van der Waals surface area (Å²) in [7, 11) is 0. The van der Waals surface area contributed by atoms with Crippen LogP contribution in [-0.2, 0) is 0 Å². The van der Waals surface area contributed by atoms with Crippen molar-refractivity contribution in [3.05, 3.63) is 193 Å². The van der Waals surface area contributed by atoms with Crippen LogP contribution in [0.1, 0.15) is 74.3 Å². The number of furan rings is 2. The van der Waals surface area contributed by atoms with Crippen LogP contribution in [0.2, 0.25) is 0 Å². The molecule has 0 aliphatic heterocycles. The minimum atomic E-state index is 0.459. The van der Waals surface area contributed by atoms with Crippen molar-refractivity contribution in [1.82, 2.24) is 0 Å². The van der Waals surface area contributed by atoms with Gasteiger partial charge < -0.3 is 18.6 Å². The van der Waals surface area contributed by atoms with Crippen LogP contribution in [0.3, 0.4) is 0 Å². The van der Waals surface area contributed by atoms with E-state index in [1.807, 2.05) is 0 Å². The minimum Gasteiger partial charge on any atom is -0.454 e. The molecule has 2 aliphatic carbocycles. The fraction of sp³-hybridized carbons (Fsp3) is 0.161. The van der Waals surface area contributed by atoms with Crippen molar-refractivity contribution in [2.75, 3.05) is 9.80 Å². The fourth-order valence-corrected chi connectivity index (χ4v) is 12.3. The highest BCUT2D eigenvalue weighted by molar-refractivity contribution is 6.29. The maximum atomic E-state index is 7.00. The van der Waals surface area contributed by atoms with Crippen molar-refractivity contribution in [1.29, 1.82) is 0 Å². The van der Waals surface area contributed by atoms with Crippen molar-refractivity contribution in [3.63, 3.8) is 0 Å². The topological polar surface area (TPSA) is 32.8 Å². The highest BCUT2D eigenvalue weighted by Crippen LogP contribution is 2.54. The van der Waals surface area contributed by atoms with Gasteiger partial charge in [0.15, 0.2) is 11.2 Å². The Bertz CT molecular complexity index is 3550. The van der Waals surface area contributed by atoms with Crippen LogP contribution in [0.25, 0.3) is 76.2 Å². The van der Waals surface area contributed by atoms with Gasteiger partial charge in [-0.1, -0.05) is 159 Å². The Labute approximate surface area is 383 Å². The Balaban J connectivity index is 1.05. The van der Waals surface area contributed by atoms with Crippen molar-refractivity contribution < 1.29 is 8.83 Å². The Morgan fingerprint density at radius 1 is 0.333 bits per heavy atom. The second-order valence-electron chi connectivity index (χ2n) is 18.9. The van der Waals surface area contributed by atoms with E-state index in [9.17, 15) is 0 Å². The van der Waals surface area contributed by atoms with Crippen molar-refractivity contribution in [2.24, 2.45) is 0 Å². The lowest BCUT2D eigenvalue weighted by Gasteiger charge is -2.32. The van der Waals surface area contributed by atoms with Gasteiger partial charge >= 0.3 is 0 Å². The summed E-state index contributed by atoms with van der Waals surface area (Å²) in [4.78, 5) is 5.05. The first-order valence-corrected chi connectivity index (χ1v) is 24.1. The number of rotatable bonds is 8. The molecule has 14 rings (SSSR count). The van der Waals surface area contributed by atoms with Gasteiger partial charge in [-0.2, -0.15) is 0 Å². The van der Waals surface area contributed by atoms with Gasteiger partial charge in [0, 0.05) is 43.7 Å². The van der Waals surface area contributed by atoms with E-state index in [0.717, 1.165) is 78.0 Å². The van der Waals surface area contributed by atoms with Crippen molar-refractivity contribution >= 4 is 110 Å². The predicted octanol–water partition coefficient (Wildman–Crippen LogP) is 18.6. The summed E-state index contributed by atoms with van der Waals surface area (Å²) in [5.74, 6) is 0.918. The molecule has 0 radical (unpaired) electrons. The molecule has 0 atom stereocenters. The smallest absolute Gasteiger partial charge is 0.159 e. The van der Waals surface area contributed by atoms with Gasteiger partial charge in [-0.25, -0.2) is 0 Å². The highest BCUT2D eigenvalue weighted by atomic mass is 16.3. The monoisotopic (exact) mass is 852 g/mol. The lowest BCUT2D eigenvalue weighted by atomic mass is 9.90. The van der Waals surface area contributed by atoms with E-state index >= 15 is 0 Å². The molecule has 4 heteroatoms. The third kappa shape index (κ3) is 5.70. The Hall–Kier alpha value is -7.56. The molecule has 0 N–H and O–H groups in total. The number of benzene rings is 10.